The highest BCUT2D eigenvalue weighted by Gasteiger charge is 2.15. The molecule has 10 heteroatoms. The number of ether oxygens (including phenoxy) is 4. The number of carbonyl (C=O) groups is 1. The van der Waals surface area contributed by atoms with Crippen LogP contribution >= 0.6 is 12.2 Å². The number of amides is 1. The summed E-state index contributed by atoms with van der Waals surface area (Å²) in [7, 11) is 6.21. The van der Waals surface area contributed by atoms with E-state index in [-0.39, 0.29) is 16.2 Å². The molecule has 0 fully saturated rings. The van der Waals surface area contributed by atoms with E-state index in [1.807, 2.05) is 18.2 Å². The number of rotatable bonds is 9. The van der Waals surface area contributed by atoms with Crippen LogP contribution in [-0.2, 0) is 6.42 Å². The van der Waals surface area contributed by atoms with Crippen LogP contribution in [0.15, 0.2) is 59.4 Å². The van der Waals surface area contributed by atoms with E-state index in [2.05, 4.69) is 10.3 Å². The number of benzene rings is 3. The van der Waals surface area contributed by atoms with Crippen molar-refractivity contribution in [2.24, 2.45) is 0 Å². The predicted molar refractivity (Wildman–Crippen MR) is 143 cm³/mol. The Balaban J connectivity index is 1.57. The molecule has 4 rings (SSSR count). The van der Waals surface area contributed by atoms with Gasteiger partial charge in [-0.05, 0) is 66.7 Å². The molecule has 1 amide bonds. The molecule has 0 saturated carbocycles. The average molecular weight is 522 g/mol. The van der Waals surface area contributed by atoms with Crippen LogP contribution in [0.4, 0.5) is 0 Å². The van der Waals surface area contributed by atoms with Crippen molar-refractivity contribution in [3.63, 3.8) is 0 Å². The molecule has 37 heavy (non-hydrogen) atoms. The molecular formula is C27H27N3O6S. The van der Waals surface area contributed by atoms with Crippen LogP contribution in [0, 0.1) is 4.77 Å². The van der Waals surface area contributed by atoms with Gasteiger partial charge in [-0.3, -0.25) is 9.59 Å². The van der Waals surface area contributed by atoms with Gasteiger partial charge in [-0.15, -0.1) is 0 Å². The van der Waals surface area contributed by atoms with Crippen LogP contribution in [-0.4, -0.2) is 50.4 Å². The lowest BCUT2D eigenvalue weighted by Gasteiger charge is -2.14. The molecule has 9 nitrogen and oxygen atoms in total. The fourth-order valence-electron chi connectivity index (χ4n) is 4.01. The van der Waals surface area contributed by atoms with Crippen molar-refractivity contribution in [3.8, 4) is 28.7 Å². The number of aromatic amines is 1. The fourth-order valence-corrected chi connectivity index (χ4v) is 4.30. The van der Waals surface area contributed by atoms with E-state index in [0.717, 1.165) is 5.56 Å². The minimum atomic E-state index is -0.342. The maximum atomic E-state index is 13.4. The first-order valence-electron chi connectivity index (χ1n) is 11.4. The Morgan fingerprint density at radius 2 is 1.62 bits per heavy atom. The lowest BCUT2D eigenvalue weighted by atomic mass is 10.1. The second-order valence-corrected chi connectivity index (χ2v) is 8.45. The van der Waals surface area contributed by atoms with Gasteiger partial charge in [0.25, 0.3) is 11.5 Å². The van der Waals surface area contributed by atoms with Gasteiger partial charge in [0.05, 0.1) is 45.0 Å². The number of methoxy groups -OCH3 is 4. The van der Waals surface area contributed by atoms with Crippen molar-refractivity contribution in [2.45, 2.75) is 6.42 Å². The number of aromatic nitrogens is 2. The molecule has 3 aromatic carbocycles. The van der Waals surface area contributed by atoms with Gasteiger partial charge < -0.3 is 29.2 Å². The van der Waals surface area contributed by atoms with E-state index in [1.54, 1.807) is 50.6 Å². The maximum Gasteiger partial charge on any atom is 0.266 e. The molecule has 1 aromatic heterocycles. The molecule has 0 aliphatic carbocycles. The molecule has 0 aliphatic heterocycles. The van der Waals surface area contributed by atoms with Gasteiger partial charge in [0.1, 0.15) is 11.5 Å². The number of hydrogen-bond donors (Lipinski definition) is 2. The second-order valence-electron chi connectivity index (χ2n) is 8.06. The van der Waals surface area contributed by atoms with Crippen LogP contribution in [0.3, 0.4) is 0 Å². The molecule has 0 saturated heterocycles. The van der Waals surface area contributed by atoms with E-state index >= 15 is 0 Å². The molecule has 0 atom stereocenters. The van der Waals surface area contributed by atoms with Crippen molar-refractivity contribution in [2.75, 3.05) is 35.0 Å². The molecular weight excluding hydrogens is 494 g/mol. The molecule has 4 aromatic rings. The normalized spacial score (nSPS) is 10.7. The first-order valence-corrected chi connectivity index (χ1v) is 11.8. The molecule has 0 unspecified atom stereocenters. The van der Waals surface area contributed by atoms with Gasteiger partial charge in [-0.1, -0.05) is 6.07 Å². The summed E-state index contributed by atoms with van der Waals surface area (Å²) in [5.41, 5.74) is 1.97. The Kier molecular flexibility index (Phi) is 7.78. The number of hydrogen-bond acceptors (Lipinski definition) is 7. The van der Waals surface area contributed by atoms with Crippen molar-refractivity contribution >= 4 is 29.0 Å². The standard InChI is InChI=1S/C27H27N3O6S/c1-33-18-7-10-22(34-2)21(15-18)30-26(32)19-8-6-17(14-20(19)29-27(30)37)25(31)28-12-11-16-5-9-23(35-3)24(13-16)36-4/h5-10,13-15H,11-12H2,1-4H3,(H,28,31)(H,29,37). The lowest BCUT2D eigenvalue weighted by molar-refractivity contribution is 0.0954. The highest BCUT2D eigenvalue weighted by atomic mass is 32.1. The quantitative estimate of drug-likeness (QED) is 0.320. The van der Waals surface area contributed by atoms with Gasteiger partial charge in [0, 0.05) is 18.2 Å². The highest BCUT2D eigenvalue weighted by molar-refractivity contribution is 7.71. The molecule has 0 bridgehead atoms. The van der Waals surface area contributed by atoms with E-state index in [0.29, 0.717) is 58.1 Å². The largest absolute Gasteiger partial charge is 0.497 e. The summed E-state index contributed by atoms with van der Waals surface area (Å²) < 4.78 is 22.8. The first kappa shape index (κ1) is 25.8. The third-order valence-electron chi connectivity index (χ3n) is 5.93. The SMILES string of the molecule is COc1ccc(OC)c(-n2c(=S)[nH]c3cc(C(=O)NCCc4ccc(OC)c(OC)c4)ccc3c2=O)c1. The zero-order valence-electron chi connectivity index (χ0n) is 20.9. The van der Waals surface area contributed by atoms with Crippen molar-refractivity contribution in [1.82, 2.24) is 14.9 Å². The Morgan fingerprint density at radius 1 is 0.892 bits per heavy atom. The van der Waals surface area contributed by atoms with Gasteiger partial charge in [-0.2, -0.15) is 0 Å². The number of fused-ring (bicyclic) bond motifs is 1. The summed E-state index contributed by atoms with van der Waals surface area (Å²) in [6.07, 6.45) is 0.606. The summed E-state index contributed by atoms with van der Waals surface area (Å²) in [5, 5.41) is 3.28. The number of nitrogens with one attached hydrogen (secondary N) is 2. The number of nitrogens with zero attached hydrogens (tertiary/aromatic N) is 1. The Bertz CT molecular complexity index is 1580. The summed E-state index contributed by atoms with van der Waals surface area (Å²) in [4.78, 5) is 29.3. The Hall–Kier alpha value is -4.31. The van der Waals surface area contributed by atoms with Gasteiger partial charge in [-0.25, -0.2) is 4.57 Å². The average Bonchev–Trinajstić information content (AvgIpc) is 2.92. The number of carbonyl (C=O) groups excluding carboxylic acids is 1. The molecule has 2 N–H and O–H groups in total. The smallest absolute Gasteiger partial charge is 0.266 e. The van der Waals surface area contributed by atoms with Gasteiger partial charge in [0.15, 0.2) is 16.3 Å². The van der Waals surface area contributed by atoms with Crippen LogP contribution in [0.1, 0.15) is 15.9 Å². The number of H-pyrrole nitrogens is 1. The van der Waals surface area contributed by atoms with E-state index in [9.17, 15) is 9.59 Å². The Morgan fingerprint density at radius 3 is 2.32 bits per heavy atom. The van der Waals surface area contributed by atoms with Crippen LogP contribution in [0.2, 0.25) is 0 Å². The first-order chi connectivity index (χ1) is 17.9. The molecule has 1 heterocycles. The Labute approximate surface area is 218 Å². The zero-order valence-corrected chi connectivity index (χ0v) is 21.7. The van der Waals surface area contributed by atoms with Crippen molar-refractivity contribution < 1.29 is 23.7 Å². The summed E-state index contributed by atoms with van der Waals surface area (Å²) in [6.45, 7) is 0.416. The summed E-state index contributed by atoms with van der Waals surface area (Å²) in [6, 6.07) is 15.6. The van der Waals surface area contributed by atoms with Gasteiger partial charge in [0.2, 0.25) is 0 Å². The maximum absolute atomic E-state index is 13.4. The van der Waals surface area contributed by atoms with Crippen LogP contribution in [0.5, 0.6) is 23.0 Å². The van der Waals surface area contributed by atoms with E-state index < -0.39 is 0 Å². The van der Waals surface area contributed by atoms with Crippen molar-refractivity contribution in [1.29, 1.82) is 0 Å². The van der Waals surface area contributed by atoms with Crippen LogP contribution in [0.25, 0.3) is 16.6 Å². The van der Waals surface area contributed by atoms with E-state index in [1.165, 1.54) is 18.8 Å². The molecule has 0 radical (unpaired) electrons. The molecule has 0 aliphatic rings. The molecule has 192 valence electrons. The summed E-state index contributed by atoms with van der Waals surface area (Å²) >= 11 is 5.50. The monoisotopic (exact) mass is 521 g/mol. The topological polar surface area (TPSA) is 104 Å². The lowest BCUT2D eigenvalue weighted by Crippen LogP contribution is -2.26. The zero-order chi connectivity index (χ0) is 26.5. The fraction of sp³-hybridized carbons (Fsp3) is 0.222. The van der Waals surface area contributed by atoms with Crippen LogP contribution < -0.4 is 29.8 Å². The van der Waals surface area contributed by atoms with Crippen molar-refractivity contribution in [3.05, 3.63) is 80.8 Å². The predicted octanol–water partition coefficient (Wildman–Crippen LogP) is 4.06. The molecule has 0 spiro atoms. The van der Waals surface area contributed by atoms with E-state index in [4.69, 9.17) is 31.2 Å². The minimum Gasteiger partial charge on any atom is -0.497 e. The summed E-state index contributed by atoms with van der Waals surface area (Å²) in [5.74, 6) is 2.03. The minimum absolute atomic E-state index is 0.162. The highest BCUT2D eigenvalue weighted by Crippen LogP contribution is 2.28. The van der Waals surface area contributed by atoms with Gasteiger partial charge >= 0.3 is 0 Å². The second kappa shape index (κ2) is 11.2. The third kappa shape index (κ3) is 5.29. The third-order valence-corrected chi connectivity index (χ3v) is 6.22.